The summed E-state index contributed by atoms with van der Waals surface area (Å²) in [6.45, 7) is -0.480. The number of thiazole rings is 1. The third-order valence-electron chi connectivity index (χ3n) is 6.22. The number of methoxy groups -OCH3 is 1. The van der Waals surface area contributed by atoms with Crippen molar-refractivity contribution in [1.29, 1.82) is 0 Å². The number of aromatic nitrogens is 3. The Morgan fingerprint density at radius 2 is 2.00 bits per heavy atom. The molecule has 13 heteroatoms. The van der Waals surface area contributed by atoms with Crippen molar-refractivity contribution in [2.24, 2.45) is 0 Å². The highest BCUT2D eigenvalue weighted by atomic mass is 32.2. The van der Waals surface area contributed by atoms with Gasteiger partial charge >= 0.3 is 0 Å². The second kappa shape index (κ2) is 11.2. The van der Waals surface area contributed by atoms with Gasteiger partial charge in [-0.1, -0.05) is 18.2 Å². The molecule has 1 saturated carbocycles. The van der Waals surface area contributed by atoms with Crippen LogP contribution in [0.15, 0.2) is 48.7 Å². The van der Waals surface area contributed by atoms with Gasteiger partial charge in [-0.2, -0.15) is 5.10 Å². The van der Waals surface area contributed by atoms with Gasteiger partial charge in [-0.05, 0) is 42.7 Å². The van der Waals surface area contributed by atoms with Crippen LogP contribution in [0.4, 0.5) is 4.39 Å². The summed E-state index contributed by atoms with van der Waals surface area (Å²) in [5.74, 6) is -2.21. The fourth-order valence-electron chi connectivity index (χ4n) is 4.08. The van der Waals surface area contributed by atoms with Crippen molar-refractivity contribution in [1.82, 2.24) is 25.8 Å². The van der Waals surface area contributed by atoms with E-state index < -0.39 is 38.5 Å². The van der Waals surface area contributed by atoms with Crippen LogP contribution >= 0.6 is 11.3 Å². The number of amides is 2. The molecule has 0 bridgehead atoms. The van der Waals surface area contributed by atoms with E-state index >= 15 is 4.39 Å². The Kier molecular flexibility index (Phi) is 7.73. The summed E-state index contributed by atoms with van der Waals surface area (Å²) >= 11 is 0.922. The number of nitrogens with zero attached hydrogens (tertiary/aromatic N) is 2. The first-order valence-electron chi connectivity index (χ1n) is 12.2. The molecule has 0 saturated heterocycles. The van der Waals surface area contributed by atoms with Gasteiger partial charge in [0.2, 0.25) is 11.8 Å². The van der Waals surface area contributed by atoms with Crippen LogP contribution < -0.4 is 10.6 Å². The summed E-state index contributed by atoms with van der Waals surface area (Å²) in [5, 5.41) is 10.4. The van der Waals surface area contributed by atoms with Crippen LogP contribution in [0.1, 0.15) is 23.1 Å². The van der Waals surface area contributed by atoms with E-state index in [2.05, 4.69) is 25.8 Å². The Labute approximate surface area is 227 Å². The van der Waals surface area contributed by atoms with Crippen LogP contribution in [0.25, 0.3) is 32.6 Å². The molecule has 204 valence electrons. The van der Waals surface area contributed by atoms with Gasteiger partial charge in [-0.15, -0.1) is 11.3 Å². The molecule has 0 spiro atoms. The molecule has 1 atom stereocenters. The lowest BCUT2D eigenvalue weighted by Crippen LogP contribution is -2.41. The zero-order chi connectivity index (χ0) is 27.6. The summed E-state index contributed by atoms with van der Waals surface area (Å²) in [5.41, 5.74) is 2.71. The van der Waals surface area contributed by atoms with Crippen LogP contribution in [-0.4, -0.2) is 67.5 Å². The third-order valence-corrected chi connectivity index (χ3v) is 9.35. The quantitative estimate of drug-likeness (QED) is 0.251. The standard InChI is InChI=1S/C26H26FN5O5S2/c1-37-9-10-39(35,36)24(25(34)28-14-23(33)30-17-5-6-17)26-31-21-12-18(19(27)13-22(21)38-26)15-3-2-4-16(11-15)20-7-8-29-32-20/h2-4,7-8,11-13,17,24H,5-6,9-10,14H2,1H3,(H,28,34)(H,29,32)(H,30,33). The van der Waals surface area contributed by atoms with E-state index in [9.17, 15) is 18.0 Å². The Bertz CT molecular complexity index is 1620. The van der Waals surface area contributed by atoms with E-state index in [1.54, 1.807) is 30.5 Å². The Morgan fingerprint density at radius 3 is 2.72 bits per heavy atom. The van der Waals surface area contributed by atoms with Gasteiger partial charge in [0.25, 0.3) is 0 Å². The van der Waals surface area contributed by atoms with Crippen molar-refractivity contribution in [2.75, 3.05) is 26.0 Å². The fourth-order valence-corrected chi connectivity index (χ4v) is 7.02. The predicted octanol–water partition coefficient (Wildman–Crippen LogP) is 2.99. The minimum absolute atomic E-state index is 0.0111. The van der Waals surface area contributed by atoms with E-state index in [4.69, 9.17) is 4.74 Å². The van der Waals surface area contributed by atoms with Crippen molar-refractivity contribution < 1.29 is 27.1 Å². The van der Waals surface area contributed by atoms with E-state index in [0.717, 1.165) is 29.7 Å². The lowest BCUT2D eigenvalue weighted by atomic mass is 10.0. The molecular formula is C26H26FN5O5S2. The number of sulfone groups is 1. The Balaban J connectivity index is 1.47. The van der Waals surface area contributed by atoms with E-state index in [-0.39, 0.29) is 29.8 Å². The average molecular weight is 572 g/mol. The van der Waals surface area contributed by atoms with Crippen LogP contribution in [0.5, 0.6) is 0 Å². The highest BCUT2D eigenvalue weighted by molar-refractivity contribution is 7.92. The molecule has 10 nitrogen and oxygen atoms in total. The number of benzene rings is 2. The molecule has 1 aliphatic carbocycles. The maximum atomic E-state index is 15.3. The number of aromatic amines is 1. The normalized spacial score (nSPS) is 14.3. The van der Waals surface area contributed by atoms with E-state index in [1.807, 2.05) is 6.07 Å². The molecular weight excluding hydrogens is 545 g/mol. The zero-order valence-electron chi connectivity index (χ0n) is 20.9. The average Bonchev–Trinajstić information content (AvgIpc) is 3.37. The van der Waals surface area contributed by atoms with Crippen molar-refractivity contribution in [3.8, 4) is 22.4 Å². The predicted molar refractivity (Wildman–Crippen MR) is 145 cm³/mol. The molecule has 39 heavy (non-hydrogen) atoms. The van der Waals surface area contributed by atoms with Crippen molar-refractivity contribution in [2.45, 2.75) is 24.1 Å². The van der Waals surface area contributed by atoms with Gasteiger partial charge in [0.1, 0.15) is 10.8 Å². The van der Waals surface area contributed by atoms with Crippen LogP contribution in [-0.2, 0) is 24.2 Å². The maximum Gasteiger partial charge on any atom is 0.245 e. The lowest BCUT2D eigenvalue weighted by molar-refractivity contribution is -0.126. The number of carbonyl (C=O) groups excluding carboxylic acids is 2. The number of nitrogens with one attached hydrogen (secondary N) is 3. The van der Waals surface area contributed by atoms with E-state index in [0.29, 0.717) is 21.5 Å². The summed E-state index contributed by atoms with van der Waals surface area (Å²) in [7, 11) is -2.71. The summed E-state index contributed by atoms with van der Waals surface area (Å²) in [6.07, 6.45) is 3.45. The highest BCUT2D eigenvalue weighted by Gasteiger charge is 2.37. The molecule has 2 aromatic carbocycles. The molecule has 0 aliphatic heterocycles. The largest absolute Gasteiger partial charge is 0.384 e. The fraction of sp³-hybridized carbons (Fsp3) is 0.308. The van der Waals surface area contributed by atoms with Crippen molar-refractivity contribution >= 4 is 43.2 Å². The third kappa shape index (κ3) is 6.15. The number of fused-ring (bicyclic) bond motifs is 1. The number of rotatable bonds is 11. The maximum absolute atomic E-state index is 15.3. The number of halogens is 1. The molecule has 3 N–H and O–H groups in total. The minimum Gasteiger partial charge on any atom is -0.384 e. The van der Waals surface area contributed by atoms with Gasteiger partial charge in [-0.25, -0.2) is 17.8 Å². The molecule has 1 unspecified atom stereocenters. The van der Waals surface area contributed by atoms with Crippen LogP contribution in [0, 0.1) is 5.82 Å². The number of ether oxygens (including phenoxy) is 1. The first-order chi connectivity index (χ1) is 18.7. The van der Waals surface area contributed by atoms with Gasteiger partial charge in [0.05, 0.1) is 34.8 Å². The molecule has 0 radical (unpaired) electrons. The molecule has 2 aromatic heterocycles. The zero-order valence-corrected chi connectivity index (χ0v) is 22.6. The summed E-state index contributed by atoms with van der Waals surface area (Å²) in [6, 6.07) is 11.9. The Morgan fingerprint density at radius 1 is 1.21 bits per heavy atom. The first-order valence-corrected chi connectivity index (χ1v) is 14.8. The Hall–Kier alpha value is -3.68. The SMILES string of the molecule is COCCS(=O)(=O)C(C(=O)NCC(=O)NC1CC1)c1nc2cc(-c3cccc(-c4cc[nH]n4)c3)c(F)cc2s1. The molecule has 1 aliphatic rings. The molecule has 2 heterocycles. The van der Waals surface area contributed by atoms with Gasteiger partial charge in [0.15, 0.2) is 15.1 Å². The summed E-state index contributed by atoms with van der Waals surface area (Å²) < 4.78 is 47.0. The topological polar surface area (TPSA) is 143 Å². The van der Waals surface area contributed by atoms with Gasteiger partial charge < -0.3 is 15.4 Å². The molecule has 2 amide bonds. The van der Waals surface area contributed by atoms with Crippen LogP contribution in [0.3, 0.4) is 0 Å². The second-order valence-corrected chi connectivity index (χ2v) is 12.5. The molecule has 1 fully saturated rings. The molecule has 5 rings (SSSR count). The highest BCUT2D eigenvalue weighted by Crippen LogP contribution is 2.36. The van der Waals surface area contributed by atoms with E-state index in [1.165, 1.54) is 19.2 Å². The van der Waals surface area contributed by atoms with Crippen molar-refractivity contribution in [3.05, 3.63) is 59.5 Å². The number of hydrogen-bond acceptors (Lipinski definition) is 8. The number of carbonyl (C=O) groups is 2. The number of H-pyrrole nitrogens is 1. The van der Waals surface area contributed by atoms with Gasteiger partial charge in [0, 0.05) is 30.5 Å². The smallest absolute Gasteiger partial charge is 0.245 e. The lowest BCUT2D eigenvalue weighted by Gasteiger charge is -2.15. The molecule has 4 aromatic rings. The monoisotopic (exact) mass is 571 g/mol. The van der Waals surface area contributed by atoms with Gasteiger partial charge in [-0.3, -0.25) is 14.7 Å². The number of hydrogen-bond donors (Lipinski definition) is 3. The van der Waals surface area contributed by atoms with Crippen LogP contribution in [0.2, 0.25) is 0 Å². The van der Waals surface area contributed by atoms with Crippen molar-refractivity contribution in [3.63, 3.8) is 0 Å². The minimum atomic E-state index is -4.07. The first kappa shape index (κ1) is 26.9. The summed E-state index contributed by atoms with van der Waals surface area (Å²) in [4.78, 5) is 29.6. The second-order valence-electron chi connectivity index (χ2n) is 9.19.